The van der Waals surface area contributed by atoms with E-state index < -0.39 is 5.60 Å². The Bertz CT molecular complexity index is 924. The van der Waals surface area contributed by atoms with E-state index in [9.17, 15) is 9.59 Å². The molecule has 1 aliphatic heterocycles. The number of anilines is 1. The van der Waals surface area contributed by atoms with Crippen molar-refractivity contribution < 1.29 is 19.1 Å². The smallest absolute Gasteiger partial charge is 0.410 e. The first kappa shape index (κ1) is 22.9. The maximum atomic E-state index is 12.4. The van der Waals surface area contributed by atoms with Crippen molar-refractivity contribution in [3.63, 3.8) is 0 Å². The van der Waals surface area contributed by atoms with E-state index in [0.717, 1.165) is 35.4 Å². The monoisotopic (exact) mass is 430 g/mol. The number of aromatic nitrogens is 2. The highest BCUT2D eigenvalue weighted by Gasteiger charge is 2.29. The molecule has 1 aromatic carbocycles. The second kappa shape index (κ2) is 9.58. The molecular formula is C23H34N4O4. The molecule has 0 bridgehead atoms. The summed E-state index contributed by atoms with van der Waals surface area (Å²) in [6, 6.07) is 4.22. The number of imidazole rings is 1. The molecule has 0 atom stereocenters. The Kier molecular flexibility index (Phi) is 7.08. The van der Waals surface area contributed by atoms with Crippen molar-refractivity contribution in [2.45, 2.75) is 64.9 Å². The van der Waals surface area contributed by atoms with Crippen molar-refractivity contribution in [1.29, 1.82) is 0 Å². The fourth-order valence-electron chi connectivity index (χ4n) is 3.99. The third kappa shape index (κ3) is 5.89. The van der Waals surface area contributed by atoms with E-state index >= 15 is 0 Å². The molecule has 8 heteroatoms. The molecule has 1 saturated heterocycles. The van der Waals surface area contributed by atoms with Gasteiger partial charge < -0.3 is 24.7 Å². The third-order valence-corrected chi connectivity index (χ3v) is 5.48. The van der Waals surface area contributed by atoms with Gasteiger partial charge in [-0.2, -0.15) is 0 Å². The molecule has 1 fully saturated rings. The van der Waals surface area contributed by atoms with Crippen LogP contribution in [0, 0.1) is 6.92 Å². The largest absolute Gasteiger partial charge is 0.469 e. The molecule has 0 aliphatic carbocycles. The molecule has 0 unspecified atom stereocenters. The Morgan fingerprint density at radius 1 is 1.26 bits per heavy atom. The summed E-state index contributed by atoms with van der Waals surface area (Å²) in [5.74, 6) is 0.984. The van der Waals surface area contributed by atoms with Crippen LogP contribution in [0.5, 0.6) is 0 Å². The SMILES string of the molecule is COC(=O)CCCNc1c(C2CCN(C(=O)OC(C)(C)C)CC2)ccc2[nH]c(C)nc12. The second-order valence-corrected chi connectivity index (χ2v) is 9.10. The molecular weight excluding hydrogens is 396 g/mol. The molecule has 1 amide bonds. The molecule has 0 radical (unpaired) electrons. The number of hydrogen-bond acceptors (Lipinski definition) is 6. The number of benzene rings is 1. The lowest BCUT2D eigenvalue weighted by atomic mass is 9.88. The topological polar surface area (TPSA) is 96.5 Å². The number of likely N-dealkylation sites (tertiary alicyclic amines) is 1. The lowest BCUT2D eigenvalue weighted by Gasteiger charge is -2.34. The first-order valence-corrected chi connectivity index (χ1v) is 11.0. The summed E-state index contributed by atoms with van der Waals surface area (Å²) >= 11 is 0. The first-order valence-electron chi connectivity index (χ1n) is 11.0. The highest BCUT2D eigenvalue weighted by Crippen LogP contribution is 2.37. The van der Waals surface area contributed by atoms with Gasteiger partial charge in [0.05, 0.1) is 18.3 Å². The number of amides is 1. The van der Waals surface area contributed by atoms with Crippen LogP contribution in [0.1, 0.15) is 63.8 Å². The number of nitrogens with one attached hydrogen (secondary N) is 2. The summed E-state index contributed by atoms with van der Waals surface area (Å²) in [6.45, 7) is 9.59. The maximum Gasteiger partial charge on any atom is 0.410 e. The van der Waals surface area contributed by atoms with Crippen LogP contribution in [-0.4, -0.2) is 59.3 Å². The van der Waals surface area contributed by atoms with Crippen molar-refractivity contribution in [2.24, 2.45) is 0 Å². The van der Waals surface area contributed by atoms with Gasteiger partial charge in [0.2, 0.25) is 0 Å². The summed E-state index contributed by atoms with van der Waals surface area (Å²) in [4.78, 5) is 33.6. The van der Waals surface area contributed by atoms with Gasteiger partial charge in [-0.3, -0.25) is 4.79 Å². The van der Waals surface area contributed by atoms with Gasteiger partial charge >= 0.3 is 12.1 Å². The van der Waals surface area contributed by atoms with Crippen LogP contribution < -0.4 is 5.32 Å². The number of fused-ring (bicyclic) bond motifs is 1. The zero-order chi connectivity index (χ0) is 22.6. The van der Waals surface area contributed by atoms with Crippen molar-refractivity contribution in [3.05, 3.63) is 23.5 Å². The van der Waals surface area contributed by atoms with Gasteiger partial charge in [0.1, 0.15) is 16.9 Å². The van der Waals surface area contributed by atoms with Crippen molar-refractivity contribution in [1.82, 2.24) is 14.9 Å². The summed E-state index contributed by atoms with van der Waals surface area (Å²) in [5.41, 5.74) is 3.65. The zero-order valence-electron chi connectivity index (χ0n) is 19.2. The minimum atomic E-state index is -0.488. The summed E-state index contributed by atoms with van der Waals surface area (Å²) < 4.78 is 10.2. The number of carbonyl (C=O) groups is 2. The standard InChI is InChI=1S/C23H34N4O4/c1-15-25-18-9-8-17(20(21(18)26-15)24-12-6-7-19(28)30-5)16-10-13-27(14-11-16)22(29)31-23(2,3)4/h8-9,16,24H,6-7,10-14H2,1-5H3,(H,25,26). The lowest BCUT2D eigenvalue weighted by Crippen LogP contribution is -2.41. The number of aromatic amines is 1. The number of carbonyl (C=O) groups excluding carboxylic acids is 2. The molecule has 1 aromatic heterocycles. The molecule has 31 heavy (non-hydrogen) atoms. The second-order valence-electron chi connectivity index (χ2n) is 9.10. The van der Waals surface area contributed by atoms with Crippen LogP contribution in [0.3, 0.4) is 0 Å². The van der Waals surface area contributed by atoms with Crippen molar-refractivity contribution >= 4 is 28.8 Å². The Balaban J connectivity index is 1.72. The van der Waals surface area contributed by atoms with Crippen LogP contribution in [-0.2, 0) is 14.3 Å². The van der Waals surface area contributed by atoms with Gasteiger partial charge in [0.25, 0.3) is 0 Å². The number of piperidine rings is 1. The van der Waals surface area contributed by atoms with E-state index in [2.05, 4.69) is 27.4 Å². The van der Waals surface area contributed by atoms with Gasteiger partial charge in [-0.05, 0) is 64.5 Å². The van der Waals surface area contributed by atoms with E-state index in [0.29, 0.717) is 38.4 Å². The Hall–Kier alpha value is -2.77. The molecule has 2 N–H and O–H groups in total. The highest BCUT2D eigenvalue weighted by atomic mass is 16.6. The number of hydrogen-bond donors (Lipinski definition) is 2. The van der Waals surface area contributed by atoms with E-state index in [-0.39, 0.29) is 12.1 Å². The fraction of sp³-hybridized carbons (Fsp3) is 0.609. The van der Waals surface area contributed by atoms with E-state index in [4.69, 9.17) is 9.47 Å². The number of rotatable bonds is 6. The third-order valence-electron chi connectivity index (χ3n) is 5.48. The molecule has 1 aliphatic rings. The van der Waals surface area contributed by atoms with Gasteiger partial charge in [0.15, 0.2) is 0 Å². The van der Waals surface area contributed by atoms with Crippen LogP contribution in [0.4, 0.5) is 10.5 Å². The molecule has 0 spiro atoms. The number of aryl methyl sites for hydroxylation is 1. The zero-order valence-corrected chi connectivity index (χ0v) is 19.2. The Morgan fingerprint density at radius 3 is 2.61 bits per heavy atom. The number of ether oxygens (including phenoxy) is 2. The molecule has 2 aromatic rings. The minimum Gasteiger partial charge on any atom is -0.469 e. The van der Waals surface area contributed by atoms with Gasteiger partial charge in [0, 0.05) is 26.1 Å². The molecule has 3 rings (SSSR count). The van der Waals surface area contributed by atoms with E-state index in [1.54, 1.807) is 4.90 Å². The Morgan fingerprint density at radius 2 is 1.97 bits per heavy atom. The van der Waals surface area contributed by atoms with Gasteiger partial charge in [-0.25, -0.2) is 9.78 Å². The Labute approximate surface area is 183 Å². The average Bonchev–Trinajstić information content (AvgIpc) is 3.10. The lowest BCUT2D eigenvalue weighted by molar-refractivity contribution is -0.140. The maximum absolute atomic E-state index is 12.4. The number of esters is 1. The van der Waals surface area contributed by atoms with Crippen LogP contribution in [0.25, 0.3) is 11.0 Å². The molecule has 8 nitrogen and oxygen atoms in total. The summed E-state index contributed by atoms with van der Waals surface area (Å²) in [5, 5.41) is 3.52. The van der Waals surface area contributed by atoms with Crippen LogP contribution in [0.15, 0.2) is 12.1 Å². The van der Waals surface area contributed by atoms with E-state index in [1.165, 1.54) is 12.7 Å². The minimum absolute atomic E-state index is 0.203. The highest BCUT2D eigenvalue weighted by molar-refractivity contribution is 5.90. The van der Waals surface area contributed by atoms with Crippen LogP contribution >= 0.6 is 0 Å². The van der Waals surface area contributed by atoms with E-state index in [1.807, 2.05) is 27.7 Å². The predicted molar refractivity (Wildman–Crippen MR) is 120 cm³/mol. The van der Waals surface area contributed by atoms with Gasteiger partial charge in [-0.1, -0.05) is 6.07 Å². The predicted octanol–water partition coefficient (Wildman–Crippen LogP) is 4.35. The molecule has 170 valence electrons. The normalized spacial score (nSPS) is 15.2. The van der Waals surface area contributed by atoms with Crippen molar-refractivity contribution in [2.75, 3.05) is 32.1 Å². The van der Waals surface area contributed by atoms with Crippen molar-refractivity contribution in [3.8, 4) is 0 Å². The first-order chi connectivity index (χ1) is 14.7. The number of H-pyrrole nitrogens is 1. The van der Waals surface area contributed by atoms with Crippen LogP contribution in [0.2, 0.25) is 0 Å². The number of methoxy groups -OCH3 is 1. The summed E-state index contributed by atoms with van der Waals surface area (Å²) in [7, 11) is 1.41. The molecule has 0 saturated carbocycles. The fourth-order valence-corrected chi connectivity index (χ4v) is 3.99. The van der Waals surface area contributed by atoms with Gasteiger partial charge in [-0.15, -0.1) is 0 Å². The number of nitrogens with zero attached hydrogens (tertiary/aromatic N) is 2. The summed E-state index contributed by atoms with van der Waals surface area (Å²) in [6.07, 6.45) is 2.55. The average molecular weight is 431 g/mol. The quantitative estimate of drug-likeness (QED) is 0.522. The molecule has 2 heterocycles.